The molecule has 5 heteroatoms. The highest BCUT2D eigenvalue weighted by molar-refractivity contribution is 5.82. The van der Waals surface area contributed by atoms with Crippen molar-refractivity contribution < 1.29 is 4.42 Å². The summed E-state index contributed by atoms with van der Waals surface area (Å²) in [6.07, 6.45) is 5.48. The predicted octanol–water partition coefficient (Wildman–Crippen LogP) is 3.22. The lowest BCUT2D eigenvalue weighted by atomic mass is 9.87. The fraction of sp³-hybridized carbons (Fsp3) is 0.176. The van der Waals surface area contributed by atoms with E-state index < -0.39 is 0 Å². The molecule has 0 atom stereocenters. The summed E-state index contributed by atoms with van der Waals surface area (Å²) < 4.78 is 5.64. The average molecular weight is 292 g/mol. The highest BCUT2D eigenvalue weighted by atomic mass is 16.3. The Morgan fingerprint density at radius 3 is 3.05 bits per heavy atom. The van der Waals surface area contributed by atoms with Gasteiger partial charge in [-0.05, 0) is 43.3 Å². The van der Waals surface area contributed by atoms with Crippen LogP contribution in [0.4, 0.5) is 5.82 Å². The molecule has 0 radical (unpaired) electrons. The molecule has 5 nitrogen and oxygen atoms in total. The molecule has 1 aliphatic carbocycles. The molecule has 0 bridgehead atoms. The first kappa shape index (κ1) is 12.9. The number of hydrogen-bond donors (Lipinski definition) is 2. The summed E-state index contributed by atoms with van der Waals surface area (Å²) in [6.45, 7) is 4.02. The average Bonchev–Trinajstić information content (AvgIpc) is 3.19. The predicted molar refractivity (Wildman–Crippen MR) is 86.8 cm³/mol. The molecule has 0 spiro atoms. The zero-order valence-electron chi connectivity index (χ0n) is 12.1. The van der Waals surface area contributed by atoms with Crippen LogP contribution in [0.1, 0.15) is 16.8 Å². The van der Waals surface area contributed by atoms with E-state index in [1.165, 1.54) is 11.3 Å². The van der Waals surface area contributed by atoms with Crippen LogP contribution < -0.4 is 5.73 Å². The number of fused-ring (bicyclic) bond motifs is 3. The van der Waals surface area contributed by atoms with Crippen LogP contribution in [0.3, 0.4) is 0 Å². The maximum atomic E-state index is 6.21. The van der Waals surface area contributed by atoms with Crippen LogP contribution in [0, 0.1) is 0 Å². The fourth-order valence-corrected chi connectivity index (χ4v) is 3.22. The van der Waals surface area contributed by atoms with Gasteiger partial charge in [-0.1, -0.05) is 0 Å². The number of hydrogen-bond acceptors (Lipinski definition) is 4. The molecular weight excluding hydrogens is 276 g/mol. The van der Waals surface area contributed by atoms with E-state index in [0.29, 0.717) is 12.4 Å². The van der Waals surface area contributed by atoms with E-state index in [1.807, 2.05) is 18.3 Å². The molecule has 0 aromatic carbocycles. The smallest absolute Gasteiger partial charge is 0.134 e. The quantitative estimate of drug-likeness (QED) is 0.727. The Bertz CT molecular complexity index is 846. The number of aromatic nitrogens is 2. The minimum absolute atomic E-state index is 0.433. The number of anilines is 1. The van der Waals surface area contributed by atoms with Gasteiger partial charge in [0.15, 0.2) is 0 Å². The van der Waals surface area contributed by atoms with Crippen LogP contribution in [-0.2, 0) is 19.4 Å². The molecule has 0 saturated heterocycles. The van der Waals surface area contributed by atoms with Crippen LogP contribution in [0.2, 0.25) is 0 Å². The number of H-pyrrole nitrogens is 1. The molecule has 3 aromatic rings. The van der Waals surface area contributed by atoms with E-state index in [2.05, 4.69) is 27.7 Å². The summed E-state index contributed by atoms with van der Waals surface area (Å²) in [7, 11) is 0. The Morgan fingerprint density at radius 2 is 2.27 bits per heavy atom. The SMILES string of the molecule is C=NCc1c(N)nc2c(c1-c1ccco1)CCc1[nH]ccc1-2. The van der Waals surface area contributed by atoms with Gasteiger partial charge in [0.25, 0.3) is 0 Å². The van der Waals surface area contributed by atoms with Gasteiger partial charge >= 0.3 is 0 Å². The second kappa shape index (κ2) is 4.87. The fourth-order valence-electron chi connectivity index (χ4n) is 3.22. The highest BCUT2D eigenvalue weighted by Gasteiger charge is 2.26. The second-order valence-electron chi connectivity index (χ2n) is 5.41. The van der Waals surface area contributed by atoms with E-state index in [-0.39, 0.29) is 0 Å². The number of nitrogen functional groups attached to an aromatic ring is 1. The number of aliphatic imine (C=N–C) groups is 1. The van der Waals surface area contributed by atoms with E-state index in [4.69, 9.17) is 10.2 Å². The van der Waals surface area contributed by atoms with Crippen molar-refractivity contribution in [1.29, 1.82) is 0 Å². The molecule has 22 heavy (non-hydrogen) atoms. The Morgan fingerprint density at radius 1 is 1.36 bits per heavy atom. The van der Waals surface area contributed by atoms with Crippen molar-refractivity contribution in [3.63, 3.8) is 0 Å². The summed E-state index contributed by atoms with van der Waals surface area (Å²) in [5.74, 6) is 1.30. The first-order valence-electron chi connectivity index (χ1n) is 7.23. The van der Waals surface area contributed by atoms with Crippen molar-refractivity contribution >= 4 is 12.5 Å². The highest BCUT2D eigenvalue weighted by Crippen LogP contribution is 2.41. The Labute approximate surface area is 127 Å². The molecule has 3 heterocycles. The first-order valence-corrected chi connectivity index (χ1v) is 7.23. The van der Waals surface area contributed by atoms with Crippen molar-refractivity contribution in [3.8, 4) is 22.6 Å². The van der Waals surface area contributed by atoms with Gasteiger partial charge in [-0.15, -0.1) is 0 Å². The number of furan rings is 1. The normalized spacial score (nSPS) is 12.7. The monoisotopic (exact) mass is 292 g/mol. The molecule has 0 saturated carbocycles. The third-order valence-corrected chi connectivity index (χ3v) is 4.18. The van der Waals surface area contributed by atoms with Crippen LogP contribution in [-0.4, -0.2) is 16.7 Å². The van der Waals surface area contributed by atoms with Crippen molar-refractivity contribution in [2.75, 3.05) is 5.73 Å². The molecule has 3 aromatic heterocycles. The molecule has 3 N–H and O–H groups in total. The summed E-state index contributed by atoms with van der Waals surface area (Å²) in [5.41, 5.74) is 12.6. The first-order chi connectivity index (χ1) is 10.8. The maximum Gasteiger partial charge on any atom is 0.134 e. The van der Waals surface area contributed by atoms with Gasteiger partial charge in [0.2, 0.25) is 0 Å². The molecule has 4 rings (SSSR count). The molecule has 0 unspecified atom stereocenters. The zero-order chi connectivity index (χ0) is 15.1. The van der Waals surface area contributed by atoms with Crippen LogP contribution >= 0.6 is 0 Å². The number of nitrogens with zero attached hydrogens (tertiary/aromatic N) is 2. The Balaban J connectivity index is 2.05. The van der Waals surface area contributed by atoms with Crippen LogP contribution in [0.5, 0.6) is 0 Å². The molecule has 110 valence electrons. The van der Waals surface area contributed by atoms with Gasteiger partial charge < -0.3 is 15.1 Å². The van der Waals surface area contributed by atoms with Gasteiger partial charge in [-0.2, -0.15) is 0 Å². The van der Waals surface area contributed by atoms with Gasteiger partial charge in [-0.3, -0.25) is 4.99 Å². The van der Waals surface area contributed by atoms with E-state index in [9.17, 15) is 0 Å². The number of pyridine rings is 1. The van der Waals surface area contributed by atoms with Crippen molar-refractivity contribution in [2.45, 2.75) is 19.4 Å². The zero-order valence-corrected chi connectivity index (χ0v) is 12.1. The van der Waals surface area contributed by atoms with E-state index in [0.717, 1.165) is 41.0 Å². The topological polar surface area (TPSA) is 80.2 Å². The van der Waals surface area contributed by atoms with E-state index >= 15 is 0 Å². The molecule has 0 amide bonds. The summed E-state index contributed by atoms with van der Waals surface area (Å²) in [6, 6.07) is 5.89. The summed E-state index contributed by atoms with van der Waals surface area (Å²) in [5, 5.41) is 0. The maximum absolute atomic E-state index is 6.21. The lowest BCUT2D eigenvalue weighted by Gasteiger charge is -2.21. The standard InChI is InChI=1S/C17H16N4O/c1-19-9-12-15(14-3-2-8-22-14)11-4-5-13-10(6-7-20-13)16(11)21-17(12)18/h2-3,6-8,20H,1,4-5,9H2,(H2,18,21). The lowest BCUT2D eigenvalue weighted by Crippen LogP contribution is -2.11. The Kier molecular flexibility index (Phi) is 2.85. The van der Waals surface area contributed by atoms with Crippen molar-refractivity contribution in [3.05, 3.63) is 47.5 Å². The molecular formula is C17H16N4O. The third kappa shape index (κ3) is 1.79. The third-order valence-electron chi connectivity index (χ3n) is 4.18. The number of aryl methyl sites for hydroxylation is 1. The van der Waals surface area contributed by atoms with Gasteiger partial charge in [0.1, 0.15) is 11.6 Å². The summed E-state index contributed by atoms with van der Waals surface area (Å²) in [4.78, 5) is 11.9. The molecule has 0 fully saturated rings. The summed E-state index contributed by atoms with van der Waals surface area (Å²) >= 11 is 0. The Hall–Kier alpha value is -2.82. The minimum Gasteiger partial charge on any atom is -0.464 e. The molecule has 1 aliphatic rings. The van der Waals surface area contributed by atoms with Gasteiger partial charge in [-0.25, -0.2) is 4.98 Å². The van der Waals surface area contributed by atoms with E-state index in [1.54, 1.807) is 6.26 Å². The van der Waals surface area contributed by atoms with Crippen molar-refractivity contribution in [1.82, 2.24) is 9.97 Å². The number of aromatic amines is 1. The van der Waals surface area contributed by atoms with Gasteiger partial charge in [0, 0.05) is 28.6 Å². The van der Waals surface area contributed by atoms with Gasteiger partial charge in [0.05, 0.1) is 18.5 Å². The number of nitrogens with two attached hydrogens (primary N) is 1. The van der Waals surface area contributed by atoms with Crippen LogP contribution in [0.15, 0.2) is 40.1 Å². The lowest BCUT2D eigenvalue weighted by molar-refractivity contribution is 0.580. The van der Waals surface area contributed by atoms with Crippen LogP contribution in [0.25, 0.3) is 22.6 Å². The van der Waals surface area contributed by atoms with Crippen molar-refractivity contribution in [2.24, 2.45) is 4.99 Å². The largest absolute Gasteiger partial charge is 0.464 e. The minimum atomic E-state index is 0.433. The molecule has 0 aliphatic heterocycles. The number of nitrogens with one attached hydrogen (secondary N) is 1. The number of rotatable bonds is 3. The second-order valence-corrected chi connectivity index (χ2v) is 5.41.